The number of amides is 1. The largest absolute Gasteiger partial charge is 0.301 e. The Balaban J connectivity index is 1.48. The molecule has 2 aromatic rings. The van der Waals surface area contributed by atoms with E-state index < -0.39 is 9.84 Å². The smallest absolute Gasteiger partial charge is 0.227 e. The Morgan fingerprint density at radius 3 is 2.58 bits per heavy atom. The SMILES string of the molecule is O=C(CCS(=O)(=O)Cc1ccccc1)Nc1nnc(C2CCCCC2)s1. The Bertz CT molecular complexity index is 828. The highest BCUT2D eigenvalue weighted by Crippen LogP contribution is 2.35. The van der Waals surface area contributed by atoms with Gasteiger partial charge in [-0.25, -0.2) is 8.42 Å². The first-order valence-corrected chi connectivity index (χ1v) is 11.5. The summed E-state index contributed by atoms with van der Waals surface area (Å²) in [6, 6.07) is 8.98. The van der Waals surface area contributed by atoms with Gasteiger partial charge < -0.3 is 5.32 Å². The van der Waals surface area contributed by atoms with Crippen LogP contribution in [0.2, 0.25) is 0 Å². The van der Waals surface area contributed by atoms with Crippen molar-refractivity contribution in [2.24, 2.45) is 0 Å². The summed E-state index contributed by atoms with van der Waals surface area (Å²) in [5.74, 6) is -0.126. The Labute approximate surface area is 158 Å². The van der Waals surface area contributed by atoms with Gasteiger partial charge in [0.2, 0.25) is 11.0 Å². The second-order valence-electron chi connectivity index (χ2n) is 6.66. The van der Waals surface area contributed by atoms with Crippen molar-refractivity contribution >= 4 is 32.2 Å². The summed E-state index contributed by atoms with van der Waals surface area (Å²) < 4.78 is 24.3. The molecule has 140 valence electrons. The van der Waals surface area contributed by atoms with E-state index in [4.69, 9.17) is 0 Å². The van der Waals surface area contributed by atoms with Crippen LogP contribution >= 0.6 is 11.3 Å². The second-order valence-corrected chi connectivity index (χ2v) is 9.85. The Hall–Kier alpha value is -1.80. The third-order valence-electron chi connectivity index (χ3n) is 4.51. The lowest BCUT2D eigenvalue weighted by molar-refractivity contribution is -0.115. The van der Waals surface area contributed by atoms with Crippen LogP contribution in [-0.2, 0) is 20.4 Å². The number of rotatable bonds is 7. The van der Waals surface area contributed by atoms with Crippen LogP contribution in [0.25, 0.3) is 0 Å². The number of aromatic nitrogens is 2. The molecule has 1 aliphatic carbocycles. The molecule has 1 heterocycles. The molecule has 0 aliphatic heterocycles. The lowest BCUT2D eigenvalue weighted by Gasteiger charge is -2.18. The first kappa shape index (κ1) is 19.0. The average molecular weight is 394 g/mol. The molecule has 1 aromatic heterocycles. The summed E-state index contributed by atoms with van der Waals surface area (Å²) in [6.07, 6.45) is 5.88. The number of sulfone groups is 1. The van der Waals surface area contributed by atoms with E-state index in [2.05, 4.69) is 15.5 Å². The number of benzene rings is 1. The Morgan fingerprint density at radius 1 is 1.12 bits per heavy atom. The van der Waals surface area contributed by atoms with E-state index in [1.165, 1.54) is 30.6 Å². The average Bonchev–Trinajstić information content (AvgIpc) is 3.10. The topological polar surface area (TPSA) is 89.0 Å². The van der Waals surface area contributed by atoms with Gasteiger partial charge in [-0.15, -0.1) is 10.2 Å². The summed E-state index contributed by atoms with van der Waals surface area (Å²) in [4.78, 5) is 12.1. The molecule has 0 unspecified atom stereocenters. The van der Waals surface area contributed by atoms with E-state index in [1.807, 2.05) is 6.07 Å². The maximum Gasteiger partial charge on any atom is 0.227 e. The maximum atomic E-state index is 12.2. The minimum Gasteiger partial charge on any atom is -0.301 e. The first-order chi connectivity index (χ1) is 12.5. The minimum atomic E-state index is -3.33. The van der Waals surface area contributed by atoms with Gasteiger partial charge in [0, 0.05) is 12.3 Å². The third-order valence-corrected chi connectivity index (χ3v) is 7.11. The summed E-state index contributed by atoms with van der Waals surface area (Å²) >= 11 is 1.40. The molecule has 0 atom stereocenters. The molecule has 1 fully saturated rings. The Morgan fingerprint density at radius 2 is 1.85 bits per heavy atom. The fourth-order valence-corrected chi connectivity index (χ4v) is 5.40. The molecule has 0 radical (unpaired) electrons. The molecule has 0 saturated heterocycles. The van der Waals surface area contributed by atoms with E-state index in [9.17, 15) is 13.2 Å². The lowest BCUT2D eigenvalue weighted by atomic mass is 9.90. The van der Waals surface area contributed by atoms with E-state index in [-0.39, 0.29) is 23.8 Å². The van der Waals surface area contributed by atoms with Gasteiger partial charge in [0.1, 0.15) is 5.01 Å². The van der Waals surface area contributed by atoms with E-state index >= 15 is 0 Å². The zero-order chi connectivity index (χ0) is 18.4. The zero-order valence-corrected chi connectivity index (χ0v) is 16.2. The molecule has 1 saturated carbocycles. The van der Waals surface area contributed by atoms with E-state index in [0.717, 1.165) is 23.4 Å². The molecule has 1 aromatic carbocycles. The molecule has 0 spiro atoms. The zero-order valence-electron chi connectivity index (χ0n) is 14.6. The molecule has 6 nitrogen and oxygen atoms in total. The number of anilines is 1. The van der Waals surface area contributed by atoms with Gasteiger partial charge in [0.15, 0.2) is 9.84 Å². The highest BCUT2D eigenvalue weighted by atomic mass is 32.2. The van der Waals surface area contributed by atoms with Crippen LogP contribution < -0.4 is 5.32 Å². The molecule has 3 rings (SSSR count). The number of nitrogens with zero attached hydrogens (tertiary/aromatic N) is 2. The van der Waals surface area contributed by atoms with Crippen LogP contribution in [0.4, 0.5) is 5.13 Å². The molecule has 1 amide bonds. The molecule has 8 heteroatoms. The van der Waals surface area contributed by atoms with Crippen molar-refractivity contribution in [1.29, 1.82) is 0 Å². The number of hydrogen-bond acceptors (Lipinski definition) is 6. The Kier molecular flexibility index (Phi) is 6.37. The van der Waals surface area contributed by atoms with Crippen LogP contribution in [0.5, 0.6) is 0 Å². The van der Waals surface area contributed by atoms with Gasteiger partial charge in [-0.3, -0.25) is 4.79 Å². The number of hydrogen-bond donors (Lipinski definition) is 1. The molecular weight excluding hydrogens is 370 g/mol. The van der Waals surface area contributed by atoms with Crippen molar-refractivity contribution in [1.82, 2.24) is 10.2 Å². The minimum absolute atomic E-state index is 0.0498. The predicted molar refractivity (Wildman–Crippen MR) is 103 cm³/mol. The maximum absolute atomic E-state index is 12.2. The van der Waals surface area contributed by atoms with Gasteiger partial charge in [-0.2, -0.15) is 0 Å². The first-order valence-electron chi connectivity index (χ1n) is 8.89. The predicted octanol–water partition coefficient (Wildman–Crippen LogP) is 3.53. The third kappa shape index (κ3) is 5.60. The van der Waals surface area contributed by atoms with Gasteiger partial charge >= 0.3 is 0 Å². The van der Waals surface area contributed by atoms with Crippen LogP contribution in [0.1, 0.15) is 55.0 Å². The van der Waals surface area contributed by atoms with E-state index in [1.54, 1.807) is 24.3 Å². The van der Waals surface area contributed by atoms with Crippen molar-refractivity contribution < 1.29 is 13.2 Å². The number of nitrogens with one attached hydrogen (secondary N) is 1. The van der Waals surface area contributed by atoms with Crippen molar-refractivity contribution in [3.05, 3.63) is 40.9 Å². The van der Waals surface area contributed by atoms with Crippen LogP contribution in [0.15, 0.2) is 30.3 Å². The van der Waals surface area contributed by atoms with Crippen molar-refractivity contribution in [2.45, 2.75) is 50.2 Å². The normalized spacial score (nSPS) is 15.7. The van der Waals surface area contributed by atoms with Crippen molar-refractivity contribution in [3.8, 4) is 0 Å². The van der Waals surface area contributed by atoms with Gasteiger partial charge in [0.25, 0.3) is 0 Å². The molecule has 1 aliphatic rings. The van der Waals surface area contributed by atoms with Gasteiger partial charge in [-0.05, 0) is 18.4 Å². The molecule has 0 bridgehead atoms. The molecular formula is C18H23N3O3S2. The van der Waals surface area contributed by atoms with Gasteiger partial charge in [-0.1, -0.05) is 60.9 Å². The highest BCUT2D eigenvalue weighted by Gasteiger charge is 2.21. The number of carbonyl (C=O) groups excluding carboxylic acids is 1. The quantitative estimate of drug-likeness (QED) is 0.777. The van der Waals surface area contributed by atoms with Crippen LogP contribution in [0, 0.1) is 0 Å². The standard InChI is InChI=1S/C18H23N3O3S2/c22-16(11-12-26(23,24)13-14-7-3-1-4-8-14)19-18-21-20-17(25-18)15-9-5-2-6-10-15/h1,3-4,7-8,15H,2,5-6,9-13H2,(H,19,21,22). The fraction of sp³-hybridized carbons (Fsp3) is 0.500. The number of carbonyl (C=O) groups is 1. The van der Waals surface area contributed by atoms with Crippen molar-refractivity contribution in [3.63, 3.8) is 0 Å². The van der Waals surface area contributed by atoms with Gasteiger partial charge in [0.05, 0.1) is 11.5 Å². The summed E-state index contributed by atoms with van der Waals surface area (Å²) in [5.41, 5.74) is 0.731. The van der Waals surface area contributed by atoms with E-state index in [0.29, 0.717) is 11.0 Å². The summed E-state index contributed by atoms with van der Waals surface area (Å²) in [7, 11) is -3.33. The highest BCUT2D eigenvalue weighted by molar-refractivity contribution is 7.90. The van der Waals surface area contributed by atoms with Crippen molar-refractivity contribution in [2.75, 3.05) is 11.1 Å². The monoisotopic (exact) mass is 393 g/mol. The molecule has 26 heavy (non-hydrogen) atoms. The van der Waals surface area contributed by atoms with Crippen LogP contribution in [-0.4, -0.2) is 30.3 Å². The second kappa shape index (κ2) is 8.73. The lowest BCUT2D eigenvalue weighted by Crippen LogP contribution is -2.18. The van der Waals surface area contributed by atoms with Crippen LogP contribution in [0.3, 0.4) is 0 Å². The fourth-order valence-electron chi connectivity index (χ4n) is 3.13. The summed E-state index contributed by atoms with van der Waals surface area (Å²) in [5, 5.41) is 12.3. The summed E-state index contributed by atoms with van der Waals surface area (Å²) in [6.45, 7) is 0. The molecule has 1 N–H and O–H groups in total.